The number of carbonyl (C=O) groups is 3. The van der Waals surface area contributed by atoms with Gasteiger partial charge in [0, 0.05) is 30.2 Å². The van der Waals surface area contributed by atoms with Crippen molar-refractivity contribution in [1.82, 2.24) is 25.6 Å². The van der Waals surface area contributed by atoms with Crippen LogP contribution in [0.5, 0.6) is 6.01 Å². The number of amides is 2. The average Bonchev–Trinajstić information content (AvgIpc) is 3.98. The Kier molecular flexibility index (Phi) is 13.1. The quantitative estimate of drug-likeness (QED) is 0.0532. The van der Waals surface area contributed by atoms with Gasteiger partial charge in [0.2, 0.25) is 17.7 Å². The molecule has 16 heteroatoms. The minimum absolute atomic E-state index is 0.00143. The Labute approximate surface area is 349 Å². The third kappa shape index (κ3) is 11.6. The van der Waals surface area contributed by atoms with Gasteiger partial charge in [-0.25, -0.2) is 4.39 Å². The van der Waals surface area contributed by atoms with Crippen molar-refractivity contribution >= 4 is 46.8 Å². The summed E-state index contributed by atoms with van der Waals surface area (Å²) in [6.45, 7) is 7.83. The molecule has 0 radical (unpaired) electrons. The number of benzene rings is 4. The number of nitrogens with zero attached hydrogens (tertiary/aromatic N) is 3. The van der Waals surface area contributed by atoms with Crippen LogP contribution in [-0.4, -0.2) is 45.6 Å². The van der Waals surface area contributed by atoms with Gasteiger partial charge in [-0.1, -0.05) is 87.8 Å². The molecule has 0 aliphatic heterocycles. The lowest BCUT2D eigenvalue weighted by Crippen LogP contribution is -2.44. The molecule has 0 unspecified atom stereocenters. The lowest BCUT2D eigenvalue weighted by atomic mass is 9.93. The largest absolute Gasteiger partial charge is 0.458 e. The van der Waals surface area contributed by atoms with Crippen molar-refractivity contribution in [3.8, 4) is 6.01 Å². The smallest absolute Gasteiger partial charge is 0.416 e. The molecule has 0 bridgehead atoms. The van der Waals surface area contributed by atoms with Crippen molar-refractivity contribution in [2.45, 2.75) is 71.2 Å². The van der Waals surface area contributed by atoms with Gasteiger partial charge in [-0.15, -0.1) is 0 Å². The summed E-state index contributed by atoms with van der Waals surface area (Å²) in [5, 5.41) is 12.2. The molecule has 5 aromatic rings. The van der Waals surface area contributed by atoms with Gasteiger partial charge in [0.25, 0.3) is 11.8 Å². The van der Waals surface area contributed by atoms with E-state index in [4.69, 9.17) is 16.3 Å². The van der Waals surface area contributed by atoms with Crippen molar-refractivity contribution in [3.63, 3.8) is 0 Å². The first-order chi connectivity index (χ1) is 28.4. The highest BCUT2D eigenvalue weighted by atomic mass is 35.5. The SMILES string of the molecule is CC(C)c1ccc(COc2nc(Nc3ccc(C(=O)NCC(C)(C)CNC(=O)C(=O)Cc4ccc(C(F)(F)F)cc4)c(F)c3)nc(NC3(c4ccc(Cl)cc4)CC3)n2)cc1. The Morgan fingerprint density at radius 3 is 2.07 bits per heavy atom. The fourth-order valence-corrected chi connectivity index (χ4v) is 6.28. The molecule has 60 heavy (non-hydrogen) atoms. The Hall–Kier alpha value is -6.09. The van der Waals surface area contributed by atoms with E-state index in [9.17, 15) is 27.6 Å². The van der Waals surface area contributed by atoms with Crippen molar-refractivity contribution in [2.75, 3.05) is 23.7 Å². The molecule has 0 saturated heterocycles. The van der Waals surface area contributed by atoms with E-state index in [0.717, 1.165) is 54.3 Å². The fraction of sp³-hybridized carbons (Fsp3) is 0.318. The van der Waals surface area contributed by atoms with Crippen LogP contribution in [0.4, 0.5) is 35.1 Å². The molecule has 1 fully saturated rings. The Morgan fingerprint density at radius 2 is 1.45 bits per heavy atom. The number of ketones is 1. The van der Waals surface area contributed by atoms with Gasteiger partial charge in [-0.05, 0) is 88.9 Å². The van der Waals surface area contributed by atoms with Crippen LogP contribution in [0.15, 0.2) is 91.0 Å². The molecule has 1 saturated carbocycles. The molecule has 2 amide bonds. The second kappa shape index (κ2) is 18.0. The molecule has 314 valence electrons. The van der Waals surface area contributed by atoms with E-state index in [-0.39, 0.29) is 60.8 Å². The molecule has 1 heterocycles. The van der Waals surface area contributed by atoms with Gasteiger partial charge in [-0.2, -0.15) is 28.1 Å². The molecule has 0 atom stereocenters. The first-order valence-electron chi connectivity index (χ1n) is 19.2. The Bertz CT molecular complexity index is 2340. The average molecular weight is 846 g/mol. The lowest BCUT2D eigenvalue weighted by molar-refractivity contribution is -0.138. The summed E-state index contributed by atoms with van der Waals surface area (Å²) in [6.07, 6.45) is -3.24. The Balaban J connectivity index is 1.07. The van der Waals surface area contributed by atoms with Gasteiger partial charge < -0.3 is 26.0 Å². The van der Waals surface area contributed by atoms with E-state index in [0.29, 0.717) is 10.9 Å². The maximum Gasteiger partial charge on any atom is 0.416 e. The minimum atomic E-state index is -4.52. The molecule has 4 N–H and O–H groups in total. The zero-order chi connectivity index (χ0) is 43.2. The predicted molar refractivity (Wildman–Crippen MR) is 220 cm³/mol. The predicted octanol–water partition coefficient (Wildman–Crippen LogP) is 8.91. The van der Waals surface area contributed by atoms with Gasteiger partial charge in [-0.3, -0.25) is 14.4 Å². The molecule has 0 spiro atoms. The summed E-state index contributed by atoms with van der Waals surface area (Å²) >= 11 is 6.13. The summed E-state index contributed by atoms with van der Waals surface area (Å²) in [6, 6.07) is 23.5. The number of hydrogen-bond donors (Lipinski definition) is 4. The monoisotopic (exact) mass is 845 g/mol. The standard InChI is InChI=1S/C44H44ClF4N7O4/c1-26(2)29-9-5-28(6-10-29)23-60-41-54-39(53-40(55-41)56-43(19-20-43)30-13-15-32(45)16-14-30)52-33-17-18-34(35(46)22-33)37(58)50-24-42(3,4)25-51-38(59)36(57)21-27-7-11-31(12-8-27)44(47,48)49/h5-18,22,26H,19-21,23-25H2,1-4H3,(H,50,58)(H,51,59)(H2,52,53,54,55,56). The number of aromatic nitrogens is 3. The lowest BCUT2D eigenvalue weighted by Gasteiger charge is -2.25. The van der Waals surface area contributed by atoms with Crippen molar-refractivity contribution in [1.29, 1.82) is 0 Å². The van der Waals surface area contributed by atoms with E-state index in [2.05, 4.69) is 50.1 Å². The second-order valence-corrected chi connectivity index (χ2v) is 16.2. The summed E-state index contributed by atoms with van der Waals surface area (Å²) in [4.78, 5) is 51.5. The highest BCUT2D eigenvalue weighted by Crippen LogP contribution is 2.48. The zero-order valence-electron chi connectivity index (χ0n) is 33.3. The van der Waals surface area contributed by atoms with Crippen LogP contribution in [0.2, 0.25) is 5.02 Å². The fourth-order valence-electron chi connectivity index (χ4n) is 6.15. The number of halogens is 5. The zero-order valence-corrected chi connectivity index (χ0v) is 34.1. The first kappa shape index (κ1) is 43.5. The first-order valence-corrected chi connectivity index (χ1v) is 19.6. The maximum absolute atomic E-state index is 15.5. The van der Waals surface area contributed by atoms with E-state index in [1.54, 1.807) is 13.8 Å². The summed E-state index contributed by atoms with van der Waals surface area (Å²) in [5.41, 5.74) is 1.35. The van der Waals surface area contributed by atoms with E-state index < -0.39 is 46.1 Å². The topological polar surface area (TPSA) is 147 Å². The van der Waals surface area contributed by atoms with Crippen LogP contribution in [0.1, 0.15) is 84.6 Å². The maximum atomic E-state index is 15.5. The summed E-state index contributed by atoms with van der Waals surface area (Å²) in [7, 11) is 0. The molecule has 1 aliphatic carbocycles. The second-order valence-electron chi connectivity index (χ2n) is 15.8. The third-order valence-electron chi connectivity index (χ3n) is 9.95. The van der Waals surface area contributed by atoms with Crippen LogP contribution in [0, 0.1) is 11.2 Å². The van der Waals surface area contributed by atoms with Crippen LogP contribution in [0.25, 0.3) is 0 Å². The third-order valence-corrected chi connectivity index (χ3v) is 10.2. The number of Topliss-reactive ketones (excluding diaryl/α,β-unsaturated/α-hetero) is 1. The van der Waals surface area contributed by atoms with Crippen LogP contribution < -0.4 is 26.0 Å². The van der Waals surface area contributed by atoms with Gasteiger partial charge >= 0.3 is 12.2 Å². The number of ether oxygens (including phenoxy) is 1. The molecule has 11 nitrogen and oxygen atoms in total. The number of alkyl halides is 3. The van der Waals surface area contributed by atoms with Crippen molar-refractivity contribution in [2.24, 2.45) is 5.41 Å². The number of nitrogens with one attached hydrogen (secondary N) is 4. The number of carbonyl (C=O) groups excluding carboxylic acids is 3. The highest BCUT2D eigenvalue weighted by Gasteiger charge is 2.45. The van der Waals surface area contributed by atoms with Crippen LogP contribution in [0.3, 0.4) is 0 Å². The number of anilines is 3. The van der Waals surface area contributed by atoms with Crippen molar-refractivity contribution < 1.29 is 36.7 Å². The van der Waals surface area contributed by atoms with Gasteiger partial charge in [0.1, 0.15) is 12.4 Å². The van der Waals surface area contributed by atoms with Gasteiger partial charge in [0.15, 0.2) is 0 Å². The van der Waals surface area contributed by atoms with E-state index in [1.807, 2.05) is 48.5 Å². The molecular weight excluding hydrogens is 802 g/mol. The molecule has 4 aromatic carbocycles. The molecular formula is C44H44ClF4N7O4. The number of hydrogen-bond acceptors (Lipinski definition) is 9. The van der Waals surface area contributed by atoms with Crippen LogP contribution in [-0.2, 0) is 34.3 Å². The minimum Gasteiger partial charge on any atom is -0.458 e. The highest BCUT2D eigenvalue weighted by molar-refractivity contribution is 6.36. The van der Waals surface area contributed by atoms with Gasteiger partial charge in [0.05, 0.1) is 16.7 Å². The van der Waals surface area contributed by atoms with E-state index in [1.165, 1.54) is 17.7 Å². The summed E-state index contributed by atoms with van der Waals surface area (Å²) < 4.78 is 60.0. The van der Waals surface area contributed by atoms with Crippen molar-refractivity contribution in [3.05, 3.63) is 135 Å². The molecule has 6 rings (SSSR count). The molecule has 1 aromatic heterocycles. The normalized spacial score (nSPS) is 13.4. The molecule has 1 aliphatic rings. The van der Waals surface area contributed by atoms with Crippen LogP contribution >= 0.6 is 11.6 Å². The number of rotatable bonds is 17. The Morgan fingerprint density at radius 1 is 0.817 bits per heavy atom. The summed E-state index contributed by atoms with van der Waals surface area (Å²) in [5.74, 6) is -2.60. The van der Waals surface area contributed by atoms with E-state index >= 15 is 4.39 Å².